The van der Waals surface area contributed by atoms with Gasteiger partial charge in [0.1, 0.15) is 12.4 Å². The van der Waals surface area contributed by atoms with Gasteiger partial charge in [0, 0.05) is 54.1 Å². The van der Waals surface area contributed by atoms with Crippen LogP contribution in [0.15, 0.2) is 113 Å². The van der Waals surface area contributed by atoms with Crippen molar-refractivity contribution in [1.29, 1.82) is 0 Å². The third kappa shape index (κ3) is 12.0. The first-order chi connectivity index (χ1) is 30.3. The Kier molecular flexibility index (Phi) is 16.9. The zero-order chi connectivity index (χ0) is 43.7. The second-order valence-electron chi connectivity index (χ2n) is 14.2. The minimum absolute atomic E-state index is 0.0578. The van der Waals surface area contributed by atoms with Gasteiger partial charge in [-0.1, -0.05) is 67.3 Å². The Morgan fingerprint density at radius 2 is 1.45 bits per heavy atom. The van der Waals surface area contributed by atoms with Crippen LogP contribution in [-0.2, 0) is 30.2 Å². The predicted molar refractivity (Wildman–Crippen MR) is 239 cm³/mol. The number of carbonyl (C=O) groups excluding carboxylic acids is 1. The fraction of sp³-hybridized carbons (Fsp3) is 0.319. The molecule has 0 unspecified atom stereocenters. The molecule has 0 aliphatic carbocycles. The van der Waals surface area contributed by atoms with Crippen LogP contribution < -0.4 is 32.0 Å². The molecule has 6 rings (SSSR count). The molecule has 0 saturated heterocycles. The van der Waals surface area contributed by atoms with Gasteiger partial charge in [-0.3, -0.25) is 9.59 Å². The molecule has 0 radical (unpaired) electrons. The monoisotopic (exact) mass is 849 g/mol. The maximum absolute atomic E-state index is 12.8. The number of hydrogen-bond acceptors (Lipinski definition) is 14. The lowest BCUT2D eigenvalue weighted by Gasteiger charge is -2.32. The van der Waals surface area contributed by atoms with Crippen LogP contribution in [-0.4, -0.2) is 109 Å². The molecule has 0 fully saturated rings. The standard InChI is InChI=1S/C47H55N5O10/c1-3-20-61-46-40(53)17-16-38-41(54)31-42(62-45(38)46)33-12-14-34(15-13-33)47(55)50-18-21-56-23-25-58-27-29-60-30-28-59-26-24-57-22-19-52(49)44-37-10-6-7-11-39(37)51(2)32-35-8-4-5-9-36(35)43(44)48/h3-17,31,53H,1,18-30,32,48-49H2,2H3,(H,50,55)/b44-43-. The van der Waals surface area contributed by atoms with E-state index in [-0.39, 0.29) is 46.2 Å². The maximum Gasteiger partial charge on any atom is 0.251 e. The Labute approximate surface area is 361 Å². The summed E-state index contributed by atoms with van der Waals surface area (Å²) in [6.07, 6.45) is 1.52. The topological polar surface area (TPSA) is 193 Å². The lowest BCUT2D eigenvalue weighted by molar-refractivity contribution is -0.0113. The van der Waals surface area contributed by atoms with Crippen LogP contribution in [0.25, 0.3) is 33.7 Å². The number of para-hydroxylation sites is 1. The van der Waals surface area contributed by atoms with E-state index in [4.69, 9.17) is 44.4 Å². The molecule has 6 N–H and O–H groups in total. The van der Waals surface area contributed by atoms with Crippen molar-refractivity contribution in [3.05, 3.63) is 136 Å². The summed E-state index contributed by atoms with van der Waals surface area (Å²) in [5.74, 6) is 6.51. The van der Waals surface area contributed by atoms with Crippen molar-refractivity contribution in [3.63, 3.8) is 0 Å². The zero-order valence-electron chi connectivity index (χ0n) is 35.0. The van der Waals surface area contributed by atoms with Crippen molar-refractivity contribution < 1.29 is 42.7 Å². The van der Waals surface area contributed by atoms with Crippen molar-refractivity contribution >= 4 is 34.0 Å². The van der Waals surface area contributed by atoms with Gasteiger partial charge < -0.3 is 58.9 Å². The van der Waals surface area contributed by atoms with Crippen LogP contribution in [0.1, 0.15) is 27.0 Å². The first-order valence-electron chi connectivity index (χ1n) is 20.5. The average molecular weight is 850 g/mol. The summed E-state index contributed by atoms with van der Waals surface area (Å²) in [6, 6.07) is 27.1. The van der Waals surface area contributed by atoms with Crippen LogP contribution in [0, 0.1) is 0 Å². The average Bonchev–Trinajstić information content (AvgIpc) is 3.28. The van der Waals surface area contributed by atoms with Gasteiger partial charge >= 0.3 is 0 Å². The number of hydrazine groups is 1. The number of nitrogens with zero attached hydrogens (tertiary/aromatic N) is 2. The Bertz CT molecular complexity index is 2350. The molecule has 1 aliphatic rings. The predicted octanol–water partition coefficient (Wildman–Crippen LogP) is 5.15. The van der Waals surface area contributed by atoms with E-state index in [1.807, 2.05) is 36.4 Å². The molecular formula is C47H55N5O10. The molecule has 15 nitrogen and oxygen atoms in total. The summed E-state index contributed by atoms with van der Waals surface area (Å²) >= 11 is 0. The molecular weight excluding hydrogens is 795 g/mol. The normalized spacial score (nSPS) is 13.5. The SMILES string of the molecule is C=CCOc1c(O)ccc2c(=O)cc(-c3ccc(C(=O)NCCOCCOCCOCCOCCOCCN(N)/C4=C(\N)c5ccccc5CN(C)c5ccccc54)cc3)oc12. The van der Waals surface area contributed by atoms with Gasteiger partial charge in [-0.25, -0.2) is 5.84 Å². The van der Waals surface area contributed by atoms with Crippen LogP contribution in [0.2, 0.25) is 0 Å². The van der Waals surface area contributed by atoms with E-state index in [1.54, 1.807) is 29.3 Å². The van der Waals surface area contributed by atoms with Gasteiger partial charge in [-0.2, -0.15) is 0 Å². The third-order valence-corrected chi connectivity index (χ3v) is 9.93. The van der Waals surface area contributed by atoms with Gasteiger partial charge in [0.25, 0.3) is 5.91 Å². The summed E-state index contributed by atoms with van der Waals surface area (Å²) in [6.45, 7) is 9.24. The number of ether oxygens (including phenoxy) is 6. The molecule has 2 heterocycles. The molecule has 15 heteroatoms. The number of benzene rings is 4. The van der Waals surface area contributed by atoms with E-state index in [2.05, 4.69) is 36.0 Å². The van der Waals surface area contributed by atoms with Gasteiger partial charge in [0.05, 0.1) is 89.4 Å². The van der Waals surface area contributed by atoms with E-state index in [0.29, 0.717) is 96.0 Å². The number of nitrogens with one attached hydrogen (secondary N) is 1. The molecule has 0 spiro atoms. The Hall–Kier alpha value is -6.20. The van der Waals surface area contributed by atoms with Crippen LogP contribution in [0.5, 0.6) is 11.5 Å². The van der Waals surface area contributed by atoms with Crippen molar-refractivity contribution in [2.24, 2.45) is 11.6 Å². The number of fused-ring (bicyclic) bond motifs is 3. The van der Waals surface area contributed by atoms with Gasteiger partial charge in [0.15, 0.2) is 16.8 Å². The minimum atomic E-state index is -0.295. The van der Waals surface area contributed by atoms with Gasteiger partial charge in [-0.15, -0.1) is 0 Å². The highest BCUT2D eigenvalue weighted by molar-refractivity contribution is 5.95. The van der Waals surface area contributed by atoms with Crippen molar-refractivity contribution in [1.82, 2.24) is 10.3 Å². The second kappa shape index (κ2) is 23.1. The zero-order valence-corrected chi connectivity index (χ0v) is 35.0. The minimum Gasteiger partial charge on any atom is -0.504 e. The molecule has 0 bridgehead atoms. The summed E-state index contributed by atoms with van der Waals surface area (Å²) < 4.78 is 39.7. The first kappa shape index (κ1) is 45.3. The fourth-order valence-electron chi connectivity index (χ4n) is 6.84. The molecule has 1 aliphatic heterocycles. The quantitative estimate of drug-likeness (QED) is 0.0276. The van der Waals surface area contributed by atoms with Gasteiger partial charge in [0.2, 0.25) is 5.75 Å². The number of hydrogen-bond donors (Lipinski definition) is 4. The fourth-order valence-corrected chi connectivity index (χ4v) is 6.84. The second-order valence-corrected chi connectivity index (χ2v) is 14.2. The Morgan fingerprint density at radius 3 is 2.13 bits per heavy atom. The number of aromatic hydroxyl groups is 1. The Morgan fingerprint density at radius 1 is 0.839 bits per heavy atom. The lowest BCUT2D eigenvalue weighted by Crippen LogP contribution is -2.36. The molecule has 0 atom stereocenters. The number of anilines is 1. The highest BCUT2D eigenvalue weighted by Crippen LogP contribution is 2.37. The summed E-state index contributed by atoms with van der Waals surface area (Å²) in [4.78, 5) is 27.7. The molecule has 0 saturated carbocycles. The number of phenolic OH excluding ortho intramolecular Hbond substituents is 1. The molecule has 62 heavy (non-hydrogen) atoms. The lowest BCUT2D eigenvalue weighted by atomic mass is 9.96. The number of rotatable bonds is 24. The van der Waals surface area contributed by atoms with Crippen molar-refractivity contribution in [3.8, 4) is 22.8 Å². The summed E-state index contributed by atoms with van der Waals surface area (Å²) in [7, 11) is 2.07. The number of amides is 1. The largest absolute Gasteiger partial charge is 0.504 e. The summed E-state index contributed by atoms with van der Waals surface area (Å²) in [5.41, 5.74) is 13.2. The van der Waals surface area contributed by atoms with E-state index >= 15 is 0 Å². The van der Waals surface area contributed by atoms with Crippen LogP contribution >= 0.6 is 0 Å². The number of phenols is 1. The van der Waals surface area contributed by atoms with E-state index in [1.165, 1.54) is 24.3 Å². The summed E-state index contributed by atoms with van der Waals surface area (Å²) in [5, 5.41) is 15.0. The molecule has 1 amide bonds. The number of nitrogens with two attached hydrogens (primary N) is 2. The number of carbonyl (C=O) groups is 1. The van der Waals surface area contributed by atoms with E-state index in [0.717, 1.165) is 34.6 Å². The van der Waals surface area contributed by atoms with Gasteiger partial charge in [-0.05, 0) is 35.9 Å². The highest BCUT2D eigenvalue weighted by atomic mass is 16.6. The van der Waals surface area contributed by atoms with E-state index in [9.17, 15) is 14.7 Å². The van der Waals surface area contributed by atoms with Crippen LogP contribution in [0.4, 0.5) is 5.69 Å². The van der Waals surface area contributed by atoms with E-state index < -0.39 is 0 Å². The smallest absolute Gasteiger partial charge is 0.251 e. The van der Waals surface area contributed by atoms with Crippen molar-refractivity contribution in [2.45, 2.75) is 6.54 Å². The van der Waals surface area contributed by atoms with Crippen LogP contribution in [0.3, 0.4) is 0 Å². The molecule has 1 aromatic heterocycles. The maximum atomic E-state index is 12.8. The molecule has 5 aromatic rings. The van der Waals surface area contributed by atoms with Crippen molar-refractivity contribution in [2.75, 3.05) is 97.7 Å². The molecule has 328 valence electrons. The third-order valence-electron chi connectivity index (χ3n) is 9.93. The highest BCUT2D eigenvalue weighted by Gasteiger charge is 2.24. The first-order valence-corrected chi connectivity index (χ1v) is 20.5. The Balaban J connectivity index is 0.780. The molecule has 4 aromatic carbocycles.